The van der Waals surface area contributed by atoms with Gasteiger partial charge in [-0.2, -0.15) is 5.10 Å². The maximum atomic E-state index is 12.2. The fourth-order valence-electron chi connectivity index (χ4n) is 2.24. The van der Waals surface area contributed by atoms with Crippen LogP contribution in [0.4, 0.5) is 0 Å². The largest absolute Gasteiger partial charge is 0.469 e. The fraction of sp³-hybridized carbons (Fsp3) is 0.188. The zero-order valence-electron chi connectivity index (χ0n) is 12.4. The van der Waals surface area contributed by atoms with Gasteiger partial charge in [0.15, 0.2) is 0 Å². The van der Waals surface area contributed by atoms with Gasteiger partial charge in [-0.3, -0.25) is 4.79 Å². The molecule has 1 unspecified atom stereocenters. The average molecular weight is 296 g/mol. The van der Waals surface area contributed by atoms with E-state index in [1.54, 1.807) is 24.0 Å². The molecule has 0 aliphatic heterocycles. The van der Waals surface area contributed by atoms with Gasteiger partial charge in [0, 0.05) is 0 Å². The monoisotopic (exact) mass is 296 g/mol. The number of carbonyl (C=O) groups excluding carboxylic acids is 1. The first kappa shape index (κ1) is 14.1. The first-order valence-corrected chi connectivity index (χ1v) is 6.95. The number of hydrogen-bond acceptors (Lipinski definition) is 4. The standard InChI is InChI=1S/C16H16N4O2/c1-11(19-16(21)15-7-8-22-12(15)2)13-3-5-14(6-4-13)20-10-17-9-18-20/h3-11H,1-2H3,(H,19,21). The van der Waals surface area contributed by atoms with Crippen molar-refractivity contribution in [2.24, 2.45) is 0 Å². The van der Waals surface area contributed by atoms with E-state index in [2.05, 4.69) is 15.4 Å². The lowest BCUT2D eigenvalue weighted by molar-refractivity contribution is 0.0938. The third kappa shape index (κ3) is 2.76. The smallest absolute Gasteiger partial charge is 0.255 e. The number of hydrogen-bond donors (Lipinski definition) is 1. The van der Waals surface area contributed by atoms with Gasteiger partial charge in [0.1, 0.15) is 18.4 Å². The Hall–Kier alpha value is -2.89. The number of benzene rings is 1. The van der Waals surface area contributed by atoms with Crippen LogP contribution in [-0.2, 0) is 0 Å². The highest BCUT2D eigenvalue weighted by molar-refractivity contribution is 5.95. The lowest BCUT2D eigenvalue weighted by atomic mass is 10.1. The summed E-state index contributed by atoms with van der Waals surface area (Å²) < 4.78 is 6.84. The normalized spacial score (nSPS) is 12.1. The molecule has 6 nitrogen and oxygen atoms in total. The number of furan rings is 1. The van der Waals surface area contributed by atoms with E-state index in [9.17, 15) is 4.79 Å². The molecule has 0 aliphatic rings. The fourth-order valence-corrected chi connectivity index (χ4v) is 2.24. The summed E-state index contributed by atoms with van der Waals surface area (Å²) >= 11 is 0. The SMILES string of the molecule is Cc1occc1C(=O)NC(C)c1ccc(-n2cncn2)cc1. The van der Waals surface area contributed by atoms with E-state index in [4.69, 9.17) is 4.42 Å². The van der Waals surface area contributed by atoms with Crippen LogP contribution in [0.25, 0.3) is 5.69 Å². The number of amides is 1. The molecule has 0 aliphatic carbocycles. The van der Waals surface area contributed by atoms with E-state index < -0.39 is 0 Å². The van der Waals surface area contributed by atoms with Crippen LogP contribution >= 0.6 is 0 Å². The van der Waals surface area contributed by atoms with Crippen LogP contribution in [0.1, 0.15) is 34.6 Å². The second kappa shape index (κ2) is 5.85. The number of nitrogens with one attached hydrogen (secondary N) is 1. The van der Waals surface area contributed by atoms with E-state index in [1.165, 1.54) is 12.6 Å². The number of aromatic nitrogens is 3. The van der Waals surface area contributed by atoms with E-state index in [-0.39, 0.29) is 11.9 Å². The highest BCUT2D eigenvalue weighted by Crippen LogP contribution is 2.17. The molecular weight excluding hydrogens is 280 g/mol. The second-order valence-electron chi connectivity index (χ2n) is 5.02. The van der Waals surface area contributed by atoms with Crippen molar-refractivity contribution in [3.8, 4) is 5.69 Å². The van der Waals surface area contributed by atoms with Gasteiger partial charge >= 0.3 is 0 Å². The minimum absolute atomic E-state index is 0.105. The van der Waals surface area contributed by atoms with Gasteiger partial charge < -0.3 is 9.73 Å². The molecule has 22 heavy (non-hydrogen) atoms. The Morgan fingerprint density at radius 1 is 1.27 bits per heavy atom. The highest BCUT2D eigenvalue weighted by atomic mass is 16.3. The minimum atomic E-state index is -0.140. The predicted octanol–water partition coefficient (Wildman–Crippen LogP) is 2.66. The summed E-state index contributed by atoms with van der Waals surface area (Å²) in [6.07, 6.45) is 4.65. The van der Waals surface area contributed by atoms with Crippen molar-refractivity contribution < 1.29 is 9.21 Å². The first-order chi connectivity index (χ1) is 10.6. The molecule has 3 aromatic rings. The average Bonchev–Trinajstić information content (AvgIpc) is 3.18. The summed E-state index contributed by atoms with van der Waals surface area (Å²) in [5.74, 6) is 0.477. The van der Waals surface area contributed by atoms with Crippen molar-refractivity contribution in [2.75, 3.05) is 0 Å². The summed E-state index contributed by atoms with van der Waals surface area (Å²) in [5, 5.41) is 7.04. The van der Waals surface area contributed by atoms with Gasteiger partial charge in [-0.1, -0.05) is 12.1 Å². The molecule has 0 saturated heterocycles. The maximum Gasteiger partial charge on any atom is 0.255 e. The topological polar surface area (TPSA) is 73.0 Å². The molecule has 0 spiro atoms. The van der Waals surface area contributed by atoms with Crippen molar-refractivity contribution in [3.05, 3.63) is 66.1 Å². The Morgan fingerprint density at radius 2 is 2.05 bits per heavy atom. The number of nitrogens with zero attached hydrogens (tertiary/aromatic N) is 3. The van der Waals surface area contributed by atoms with E-state index in [0.29, 0.717) is 11.3 Å². The van der Waals surface area contributed by atoms with E-state index in [1.807, 2.05) is 31.2 Å². The zero-order valence-corrected chi connectivity index (χ0v) is 12.4. The molecule has 112 valence electrons. The van der Waals surface area contributed by atoms with Gasteiger partial charge in [0.2, 0.25) is 0 Å². The van der Waals surface area contributed by atoms with Crippen LogP contribution in [0.2, 0.25) is 0 Å². The Morgan fingerprint density at radius 3 is 2.64 bits per heavy atom. The molecule has 1 atom stereocenters. The van der Waals surface area contributed by atoms with Gasteiger partial charge in [-0.05, 0) is 37.6 Å². The van der Waals surface area contributed by atoms with Gasteiger partial charge in [0.25, 0.3) is 5.91 Å². The number of rotatable bonds is 4. The summed E-state index contributed by atoms with van der Waals surface area (Å²) in [4.78, 5) is 16.1. The Kier molecular flexibility index (Phi) is 3.74. The molecule has 3 rings (SSSR count). The molecule has 0 saturated carbocycles. The Labute approximate surface area is 127 Å². The molecule has 0 bridgehead atoms. The summed E-state index contributed by atoms with van der Waals surface area (Å²) in [6, 6.07) is 9.37. The number of aryl methyl sites for hydroxylation is 1. The Bertz CT molecular complexity index is 760. The molecule has 2 heterocycles. The van der Waals surface area contributed by atoms with Crippen molar-refractivity contribution in [3.63, 3.8) is 0 Å². The third-order valence-corrected chi connectivity index (χ3v) is 3.53. The van der Waals surface area contributed by atoms with Crippen molar-refractivity contribution in [2.45, 2.75) is 19.9 Å². The second-order valence-corrected chi connectivity index (χ2v) is 5.02. The van der Waals surface area contributed by atoms with Crippen molar-refractivity contribution in [1.82, 2.24) is 20.1 Å². The minimum Gasteiger partial charge on any atom is -0.469 e. The Balaban J connectivity index is 1.71. The maximum absolute atomic E-state index is 12.2. The van der Waals surface area contributed by atoms with E-state index >= 15 is 0 Å². The van der Waals surface area contributed by atoms with Crippen LogP contribution in [0.5, 0.6) is 0 Å². The molecule has 2 aromatic heterocycles. The van der Waals surface area contributed by atoms with Crippen LogP contribution in [0, 0.1) is 6.92 Å². The molecule has 1 amide bonds. The molecule has 0 radical (unpaired) electrons. The third-order valence-electron chi connectivity index (χ3n) is 3.53. The lowest BCUT2D eigenvalue weighted by Gasteiger charge is -2.14. The predicted molar refractivity (Wildman–Crippen MR) is 80.7 cm³/mol. The first-order valence-electron chi connectivity index (χ1n) is 6.95. The quantitative estimate of drug-likeness (QED) is 0.803. The number of carbonyl (C=O) groups is 1. The molecular formula is C16H16N4O2. The molecule has 6 heteroatoms. The molecule has 1 N–H and O–H groups in total. The summed E-state index contributed by atoms with van der Waals surface area (Å²) in [5.41, 5.74) is 2.50. The van der Waals surface area contributed by atoms with Gasteiger partial charge in [-0.15, -0.1) is 0 Å². The van der Waals surface area contributed by atoms with Crippen LogP contribution < -0.4 is 5.32 Å². The van der Waals surface area contributed by atoms with Gasteiger partial charge in [0.05, 0.1) is 23.6 Å². The van der Waals surface area contributed by atoms with Crippen LogP contribution in [-0.4, -0.2) is 20.7 Å². The van der Waals surface area contributed by atoms with E-state index in [0.717, 1.165) is 11.3 Å². The summed E-state index contributed by atoms with van der Waals surface area (Å²) in [6.45, 7) is 3.71. The van der Waals surface area contributed by atoms with Crippen molar-refractivity contribution >= 4 is 5.91 Å². The summed E-state index contributed by atoms with van der Waals surface area (Å²) in [7, 11) is 0. The van der Waals surface area contributed by atoms with Gasteiger partial charge in [-0.25, -0.2) is 9.67 Å². The van der Waals surface area contributed by atoms with Crippen LogP contribution in [0.3, 0.4) is 0 Å². The highest BCUT2D eigenvalue weighted by Gasteiger charge is 2.15. The molecule has 0 fully saturated rings. The zero-order chi connectivity index (χ0) is 15.5. The lowest BCUT2D eigenvalue weighted by Crippen LogP contribution is -2.26. The van der Waals surface area contributed by atoms with Crippen molar-refractivity contribution in [1.29, 1.82) is 0 Å². The van der Waals surface area contributed by atoms with Crippen LogP contribution in [0.15, 0.2) is 53.7 Å². The molecule has 1 aromatic carbocycles.